The summed E-state index contributed by atoms with van der Waals surface area (Å²) in [6.45, 7) is 6.99. The second-order valence-electron chi connectivity index (χ2n) is 7.99. The van der Waals surface area contributed by atoms with Gasteiger partial charge in [0.1, 0.15) is 0 Å². The van der Waals surface area contributed by atoms with Crippen LogP contribution in [0.4, 0.5) is 17.8 Å². The van der Waals surface area contributed by atoms with Crippen LogP contribution in [0.2, 0.25) is 0 Å². The van der Waals surface area contributed by atoms with Crippen molar-refractivity contribution in [3.63, 3.8) is 0 Å². The number of hydrogen-bond donors (Lipinski definition) is 3. The maximum Gasteiger partial charge on any atom is 0.248 e. The number of amides is 2. The van der Waals surface area contributed by atoms with Crippen LogP contribution in [-0.4, -0.2) is 96.7 Å². The zero-order valence-electron chi connectivity index (χ0n) is 19.1. The third-order valence-electron chi connectivity index (χ3n) is 5.55. The van der Waals surface area contributed by atoms with Crippen molar-refractivity contribution < 1.29 is 24.3 Å². The van der Waals surface area contributed by atoms with Gasteiger partial charge in [-0.15, -0.1) is 0 Å². The molecular weight excluding hydrogens is 432 g/mol. The van der Waals surface area contributed by atoms with E-state index in [0.717, 1.165) is 19.3 Å². The van der Waals surface area contributed by atoms with Gasteiger partial charge in [-0.3, -0.25) is 25.6 Å². The number of carbonyl (C=O) groups is 2. The predicted molar refractivity (Wildman–Crippen MR) is 120 cm³/mol. The molecule has 1 aromatic rings. The van der Waals surface area contributed by atoms with Crippen molar-refractivity contribution in [1.29, 1.82) is 0 Å². The summed E-state index contributed by atoms with van der Waals surface area (Å²) < 4.78 is 10.8. The van der Waals surface area contributed by atoms with E-state index >= 15 is 0 Å². The quantitative estimate of drug-likeness (QED) is 0.166. The maximum atomic E-state index is 12.8. The highest BCUT2D eigenvalue weighted by Crippen LogP contribution is 2.19. The van der Waals surface area contributed by atoms with Crippen molar-refractivity contribution in [2.45, 2.75) is 32.6 Å². The van der Waals surface area contributed by atoms with E-state index in [1.54, 1.807) is 0 Å². The molecule has 3 N–H and O–H groups in total. The van der Waals surface area contributed by atoms with E-state index in [4.69, 9.17) is 9.47 Å². The van der Waals surface area contributed by atoms with Crippen LogP contribution < -0.4 is 20.7 Å². The number of hydrazine groups is 1. The van der Waals surface area contributed by atoms with Crippen molar-refractivity contribution in [3.8, 4) is 0 Å². The van der Waals surface area contributed by atoms with E-state index in [9.17, 15) is 14.8 Å². The number of rotatable bonds is 12. The van der Waals surface area contributed by atoms with Gasteiger partial charge in [0.05, 0.1) is 38.9 Å². The minimum atomic E-state index is -0.571. The fraction of sp³-hybridized carbons (Fsp3) is 0.750. The number of hydroxylamine groups is 2. The van der Waals surface area contributed by atoms with E-state index in [0.29, 0.717) is 82.4 Å². The van der Waals surface area contributed by atoms with Crippen LogP contribution in [0.25, 0.3) is 0 Å². The zero-order chi connectivity index (χ0) is 23.5. The van der Waals surface area contributed by atoms with Gasteiger partial charge in [0, 0.05) is 26.2 Å². The van der Waals surface area contributed by atoms with Crippen LogP contribution in [0.15, 0.2) is 0 Å². The minimum Gasteiger partial charge on any atom is -0.378 e. The summed E-state index contributed by atoms with van der Waals surface area (Å²) in [5.74, 6) is 0.304. The van der Waals surface area contributed by atoms with Crippen molar-refractivity contribution in [2.24, 2.45) is 5.92 Å². The molecule has 0 unspecified atom stereocenters. The first-order valence-corrected chi connectivity index (χ1v) is 11.5. The molecule has 3 rings (SSSR count). The fourth-order valence-corrected chi connectivity index (χ4v) is 3.65. The number of aromatic nitrogens is 3. The molecular formula is C20H34N8O5. The van der Waals surface area contributed by atoms with Gasteiger partial charge < -0.3 is 19.3 Å². The summed E-state index contributed by atoms with van der Waals surface area (Å²) in [6, 6.07) is 0. The Balaban J connectivity index is 1.71. The number of ether oxygens (including phenoxy) is 2. The SMILES string of the molecule is CCCCC[C@@H](CN(O)C=O)C(=O)NNc1nc(N2CCOCC2)nc(N2CCOCC2)n1. The van der Waals surface area contributed by atoms with E-state index in [2.05, 4.69) is 32.7 Å². The molecule has 33 heavy (non-hydrogen) atoms. The molecule has 0 aromatic carbocycles. The summed E-state index contributed by atoms with van der Waals surface area (Å²) in [7, 11) is 0. The highest BCUT2D eigenvalue weighted by Gasteiger charge is 2.23. The fourth-order valence-electron chi connectivity index (χ4n) is 3.65. The lowest BCUT2D eigenvalue weighted by Crippen LogP contribution is -2.42. The lowest BCUT2D eigenvalue weighted by Gasteiger charge is -2.30. The maximum absolute atomic E-state index is 12.8. The summed E-state index contributed by atoms with van der Waals surface area (Å²) in [4.78, 5) is 41.2. The van der Waals surface area contributed by atoms with Gasteiger partial charge >= 0.3 is 0 Å². The normalized spacial score (nSPS) is 17.4. The van der Waals surface area contributed by atoms with Crippen LogP contribution in [0.5, 0.6) is 0 Å². The summed E-state index contributed by atoms with van der Waals surface area (Å²) in [6.07, 6.45) is 3.62. The first-order valence-electron chi connectivity index (χ1n) is 11.5. The average Bonchev–Trinajstić information content (AvgIpc) is 2.87. The molecule has 2 aliphatic rings. The molecule has 13 heteroatoms. The van der Waals surface area contributed by atoms with E-state index in [1.807, 2.05) is 9.80 Å². The van der Waals surface area contributed by atoms with Crippen molar-refractivity contribution in [2.75, 3.05) is 74.4 Å². The second-order valence-corrected chi connectivity index (χ2v) is 7.99. The molecule has 2 saturated heterocycles. The summed E-state index contributed by atoms with van der Waals surface area (Å²) in [5, 5.41) is 10.1. The molecule has 184 valence electrons. The standard InChI is InChI=1S/C20H34N8O5/c1-2-3-4-5-16(14-28(31)15-29)17(30)24-25-18-21-19(26-6-10-32-11-7-26)23-20(22-18)27-8-12-33-13-9-27/h15-16,31H,2-14H2,1H3,(H,24,30)(H,21,22,23,25)/t16-/m0/s1. The lowest BCUT2D eigenvalue weighted by atomic mass is 10.0. The van der Waals surface area contributed by atoms with Gasteiger partial charge in [-0.05, 0) is 6.42 Å². The van der Waals surface area contributed by atoms with Crippen molar-refractivity contribution in [3.05, 3.63) is 0 Å². The molecule has 3 heterocycles. The summed E-state index contributed by atoms with van der Waals surface area (Å²) >= 11 is 0. The molecule has 0 bridgehead atoms. The molecule has 1 aromatic heterocycles. The largest absolute Gasteiger partial charge is 0.378 e. The Morgan fingerprint density at radius 2 is 1.64 bits per heavy atom. The Labute approximate surface area is 193 Å². The van der Waals surface area contributed by atoms with Crippen LogP contribution >= 0.6 is 0 Å². The number of nitrogens with one attached hydrogen (secondary N) is 2. The molecule has 2 amide bonds. The Bertz CT molecular complexity index is 722. The molecule has 0 radical (unpaired) electrons. The van der Waals surface area contributed by atoms with Gasteiger partial charge in [0.15, 0.2) is 0 Å². The Morgan fingerprint density at radius 3 is 2.15 bits per heavy atom. The van der Waals surface area contributed by atoms with Gasteiger partial charge in [-0.1, -0.05) is 26.2 Å². The Hall–Kier alpha value is -2.77. The topological polar surface area (TPSA) is 145 Å². The molecule has 2 aliphatic heterocycles. The number of morpholine rings is 2. The number of carbonyl (C=O) groups excluding carboxylic acids is 2. The lowest BCUT2D eigenvalue weighted by molar-refractivity contribution is -0.154. The number of anilines is 3. The average molecular weight is 467 g/mol. The van der Waals surface area contributed by atoms with Crippen LogP contribution in [0, 0.1) is 5.92 Å². The van der Waals surface area contributed by atoms with E-state index < -0.39 is 5.92 Å². The Morgan fingerprint density at radius 1 is 1.06 bits per heavy atom. The first-order chi connectivity index (χ1) is 16.1. The number of hydrogen-bond acceptors (Lipinski definition) is 11. The van der Waals surface area contributed by atoms with Gasteiger partial charge in [-0.2, -0.15) is 15.0 Å². The van der Waals surface area contributed by atoms with Crippen LogP contribution in [0.1, 0.15) is 32.6 Å². The van der Waals surface area contributed by atoms with E-state index in [-0.39, 0.29) is 18.4 Å². The molecule has 0 spiro atoms. The highest BCUT2D eigenvalue weighted by molar-refractivity contribution is 5.80. The first kappa shape index (κ1) is 24.9. The van der Waals surface area contributed by atoms with Crippen LogP contribution in [-0.2, 0) is 19.1 Å². The summed E-state index contributed by atoms with van der Waals surface area (Å²) in [5.41, 5.74) is 5.43. The monoisotopic (exact) mass is 466 g/mol. The highest BCUT2D eigenvalue weighted by atomic mass is 16.5. The third kappa shape index (κ3) is 7.65. The van der Waals surface area contributed by atoms with E-state index in [1.165, 1.54) is 0 Å². The van der Waals surface area contributed by atoms with Crippen molar-refractivity contribution in [1.82, 2.24) is 25.4 Å². The Kier molecular flexibility index (Phi) is 9.84. The molecule has 1 atom stereocenters. The molecule has 0 saturated carbocycles. The smallest absolute Gasteiger partial charge is 0.248 e. The van der Waals surface area contributed by atoms with Gasteiger partial charge in [0.25, 0.3) is 0 Å². The molecule has 13 nitrogen and oxygen atoms in total. The number of unbranched alkanes of at least 4 members (excludes halogenated alkanes) is 2. The predicted octanol–water partition coefficient (Wildman–Crippen LogP) is 0.0320. The third-order valence-corrected chi connectivity index (χ3v) is 5.55. The van der Waals surface area contributed by atoms with Crippen LogP contribution in [0.3, 0.4) is 0 Å². The minimum absolute atomic E-state index is 0.0873. The molecule has 0 aliphatic carbocycles. The van der Waals surface area contributed by atoms with Crippen molar-refractivity contribution >= 4 is 30.2 Å². The zero-order valence-corrected chi connectivity index (χ0v) is 19.1. The van der Waals surface area contributed by atoms with Gasteiger partial charge in [-0.25, -0.2) is 5.06 Å². The second kappa shape index (κ2) is 13.1. The number of nitrogens with zero attached hydrogens (tertiary/aromatic N) is 6. The van der Waals surface area contributed by atoms with Gasteiger partial charge in [0.2, 0.25) is 30.2 Å². The molecule has 2 fully saturated rings.